The smallest absolute Gasteiger partial charge is 0.254 e. The van der Waals surface area contributed by atoms with E-state index in [2.05, 4.69) is 15.8 Å². The van der Waals surface area contributed by atoms with E-state index < -0.39 is 30.1 Å². The largest absolute Gasteiger partial charge is 0.385 e. The quantitative estimate of drug-likeness (QED) is 0.567. The number of aromatic nitrogens is 1. The first-order chi connectivity index (χ1) is 12.4. The summed E-state index contributed by atoms with van der Waals surface area (Å²) in [4.78, 5) is 24.7. The standard InChI is InChI=1S/C18H23N3O5/c1-3-7-13(17(24)20-15-10-14(11(2)22)26-21-15)19-18(25)16(23)12-8-5-4-6-9-12/h4-6,8-11,13,16,22-23H,3,7H2,1-2H3,(H,19,25)(H,20,21,24). The van der Waals surface area contributed by atoms with Crippen molar-refractivity contribution in [3.8, 4) is 0 Å². The first-order valence-electron chi connectivity index (χ1n) is 8.41. The van der Waals surface area contributed by atoms with Gasteiger partial charge in [-0.25, -0.2) is 0 Å². The van der Waals surface area contributed by atoms with Crippen molar-refractivity contribution in [1.29, 1.82) is 0 Å². The van der Waals surface area contributed by atoms with Crippen molar-refractivity contribution in [3.05, 3.63) is 47.7 Å². The zero-order valence-corrected chi connectivity index (χ0v) is 14.7. The molecule has 8 heteroatoms. The minimum absolute atomic E-state index is 0.143. The van der Waals surface area contributed by atoms with Gasteiger partial charge in [0.25, 0.3) is 5.91 Å². The van der Waals surface area contributed by atoms with Gasteiger partial charge in [-0.15, -0.1) is 0 Å². The average Bonchev–Trinajstić information content (AvgIpc) is 3.10. The maximum atomic E-state index is 12.4. The fraction of sp³-hybridized carbons (Fsp3) is 0.389. The number of hydrogen-bond donors (Lipinski definition) is 4. The van der Waals surface area contributed by atoms with Gasteiger partial charge in [0.1, 0.15) is 12.1 Å². The molecule has 0 saturated heterocycles. The van der Waals surface area contributed by atoms with Crippen LogP contribution in [0.1, 0.15) is 50.2 Å². The van der Waals surface area contributed by atoms with Crippen molar-refractivity contribution in [3.63, 3.8) is 0 Å². The molecule has 4 N–H and O–H groups in total. The van der Waals surface area contributed by atoms with Gasteiger partial charge in [-0.2, -0.15) is 0 Å². The predicted molar refractivity (Wildman–Crippen MR) is 94.0 cm³/mol. The second-order valence-corrected chi connectivity index (χ2v) is 5.94. The van der Waals surface area contributed by atoms with Crippen LogP contribution in [0.25, 0.3) is 0 Å². The Morgan fingerprint density at radius 2 is 1.88 bits per heavy atom. The van der Waals surface area contributed by atoms with Crippen LogP contribution in [0, 0.1) is 0 Å². The van der Waals surface area contributed by atoms with Crippen molar-refractivity contribution in [1.82, 2.24) is 10.5 Å². The Bertz CT molecular complexity index is 729. The first kappa shape index (κ1) is 19.6. The van der Waals surface area contributed by atoms with Crippen LogP contribution in [0.2, 0.25) is 0 Å². The molecule has 2 amide bonds. The second-order valence-electron chi connectivity index (χ2n) is 5.94. The highest BCUT2D eigenvalue weighted by Gasteiger charge is 2.25. The number of carbonyl (C=O) groups excluding carboxylic acids is 2. The van der Waals surface area contributed by atoms with E-state index in [4.69, 9.17) is 4.52 Å². The molecule has 0 radical (unpaired) electrons. The van der Waals surface area contributed by atoms with Crippen LogP contribution < -0.4 is 10.6 Å². The topological polar surface area (TPSA) is 125 Å². The van der Waals surface area contributed by atoms with Gasteiger partial charge in [0.05, 0.1) is 0 Å². The Kier molecular flexibility index (Phi) is 6.88. The molecule has 0 spiro atoms. The van der Waals surface area contributed by atoms with E-state index in [1.165, 1.54) is 13.0 Å². The lowest BCUT2D eigenvalue weighted by atomic mass is 10.1. The number of benzene rings is 1. The molecule has 2 aromatic rings. The molecule has 2 rings (SSSR count). The third kappa shape index (κ3) is 5.14. The number of anilines is 1. The van der Waals surface area contributed by atoms with E-state index >= 15 is 0 Å². The van der Waals surface area contributed by atoms with Gasteiger partial charge in [-0.05, 0) is 18.9 Å². The predicted octanol–water partition coefficient (Wildman–Crippen LogP) is 1.68. The van der Waals surface area contributed by atoms with Crippen LogP contribution in [0.15, 0.2) is 40.9 Å². The molecule has 140 valence electrons. The number of nitrogens with one attached hydrogen (secondary N) is 2. The van der Waals surface area contributed by atoms with Crippen LogP contribution in [0.3, 0.4) is 0 Å². The summed E-state index contributed by atoms with van der Waals surface area (Å²) in [5.74, 6) is -0.777. The fourth-order valence-electron chi connectivity index (χ4n) is 2.35. The van der Waals surface area contributed by atoms with Crippen LogP contribution in [-0.4, -0.2) is 33.2 Å². The van der Waals surface area contributed by atoms with Gasteiger partial charge >= 0.3 is 0 Å². The Hall–Kier alpha value is -2.71. The lowest BCUT2D eigenvalue weighted by molar-refractivity contribution is -0.133. The van der Waals surface area contributed by atoms with Crippen LogP contribution in [0.5, 0.6) is 0 Å². The molecule has 0 aliphatic heterocycles. The number of carbonyl (C=O) groups is 2. The molecule has 0 aliphatic rings. The summed E-state index contributed by atoms with van der Waals surface area (Å²) in [6.45, 7) is 3.39. The minimum Gasteiger partial charge on any atom is -0.385 e. The van der Waals surface area contributed by atoms with Gasteiger partial charge in [0.15, 0.2) is 17.7 Å². The molecule has 0 bridgehead atoms. The van der Waals surface area contributed by atoms with E-state index in [9.17, 15) is 19.8 Å². The Labute approximate surface area is 151 Å². The lowest BCUT2D eigenvalue weighted by Crippen LogP contribution is -2.45. The number of aliphatic hydroxyl groups excluding tert-OH is 2. The summed E-state index contributed by atoms with van der Waals surface area (Å²) in [7, 11) is 0. The number of hydrogen-bond acceptors (Lipinski definition) is 6. The highest BCUT2D eigenvalue weighted by Crippen LogP contribution is 2.17. The van der Waals surface area contributed by atoms with Crippen LogP contribution in [-0.2, 0) is 9.59 Å². The summed E-state index contributed by atoms with van der Waals surface area (Å²) < 4.78 is 4.90. The van der Waals surface area contributed by atoms with Crippen LogP contribution >= 0.6 is 0 Å². The molecule has 1 heterocycles. The number of amides is 2. The van der Waals surface area contributed by atoms with E-state index in [0.717, 1.165) is 0 Å². The van der Waals surface area contributed by atoms with Crippen LogP contribution in [0.4, 0.5) is 5.82 Å². The summed E-state index contributed by atoms with van der Waals surface area (Å²) in [5, 5.41) is 28.3. The Balaban J connectivity index is 2.02. The van der Waals surface area contributed by atoms with E-state index in [0.29, 0.717) is 18.4 Å². The molecule has 3 atom stereocenters. The monoisotopic (exact) mass is 361 g/mol. The van der Waals surface area contributed by atoms with E-state index in [1.807, 2.05) is 6.92 Å². The van der Waals surface area contributed by atoms with Gasteiger partial charge in [-0.1, -0.05) is 48.8 Å². The molecule has 3 unspecified atom stereocenters. The van der Waals surface area contributed by atoms with Gasteiger partial charge < -0.3 is 25.4 Å². The van der Waals surface area contributed by atoms with E-state index in [-0.39, 0.29) is 11.6 Å². The number of aliphatic hydroxyl groups is 2. The van der Waals surface area contributed by atoms with Crippen molar-refractivity contribution in [2.45, 2.75) is 44.9 Å². The summed E-state index contributed by atoms with van der Waals surface area (Å²) in [6, 6.07) is 9.04. The summed E-state index contributed by atoms with van der Waals surface area (Å²) in [5.41, 5.74) is 0.443. The zero-order chi connectivity index (χ0) is 19.1. The maximum absolute atomic E-state index is 12.4. The highest BCUT2D eigenvalue weighted by molar-refractivity contribution is 5.97. The molecule has 26 heavy (non-hydrogen) atoms. The van der Waals surface area contributed by atoms with Gasteiger partial charge in [-0.3, -0.25) is 9.59 Å². The maximum Gasteiger partial charge on any atom is 0.254 e. The zero-order valence-electron chi connectivity index (χ0n) is 14.7. The lowest BCUT2D eigenvalue weighted by Gasteiger charge is -2.19. The number of rotatable bonds is 8. The van der Waals surface area contributed by atoms with Crippen molar-refractivity contribution in [2.24, 2.45) is 0 Å². The highest BCUT2D eigenvalue weighted by atomic mass is 16.5. The van der Waals surface area contributed by atoms with Gasteiger partial charge in [0, 0.05) is 6.07 Å². The molecule has 0 fully saturated rings. The summed E-state index contributed by atoms with van der Waals surface area (Å²) in [6.07, 6.45) is -1.17. The van der Waals surface area contributed by atoms with Crippen molar-refractivity contribution < 1.29 is 24.3 Å². The normalized spacial score (nSPS) is 14.3. The Morgan fingerprint density at radius 1 is 1.19 bits per heavy atom. The SMILES string of the molecule is CCCC(NC(=O)C(O)c1ccccc1)C(=O)Nc1cc(C(C)O)on1. The molecule has 0 saturated carbocycles. The fourth-order valence-corrected chi connectivity index (χ4v) is 2.35. The third-order valence-electron chi connectivity index (χ3n) is 3.77. The molecular formula is C18H23N3O5. The van der Waals surface area contributed by atoms with Crippen molar-refractivity contribution in [2.75, 3.05) is 5.32 Å². The molecule has 8 nitrogen and oxygen atoms in total. The van der Waals surface area contributed by atoms with E-state index in [1.54, 1.807) is 30.3 Å². The molecule has 0 aliphatic carbocycles. The molecular weight excluding hydrogens is 338 g/mol. The van der Waals surface area contributed by atoms with Crippen molar-refractivity contribution >= 4 is 17.6 Å². The molecule has 1 aromatic carbocycles. The molecule has 1 aromatic heterocycles. The number of nitrogens with zero attached hydrogens (tertiary/aromatic N) is 1. The Morgan fingerprint density at radius 3 is 2.46 bits per heavy atom. The minimum atomic E-state index is -1.36. The first-order valence-corrected chi connectivity index (χ1v) is 8.41. The third-order valence-corrected chi connectivity index (χ3v) is 3.77. The summed E-state index contributed by atoms with van der Waals surface area (Å²) >= 11 is 0. The van der Waals surface area contributed by atoms with Gasteiger partial charge in [0.2, 0.25) is 5.91 Å². The average molecular weight is 361 g/mol. The second kappa shape index (κ2) is 9.12.